The third kappa shape index (κ3) is 5.60. The number of halogens is 2. The molecule has 0 saturated heterocycles. The monoisotopic (exact) mass is 547 g/mol. The van der Waals surface area contributed by atoms with Crippen molar-refractivity contribution in [3.63, 3.8) is 0 Å². The number of fused-ring (bicyclic) bond motifs is 1. The maximum Gasteiger partial charge on any atom is 0.339 e. The highest BCUT2D eigenvalue weighted by Gasteiger charge is 2.51. The average molecular weight is 548 g/mol. The fourth-order valence-electron chi connectivity index (χ4n) is 4.84. The quantitative estimate of drug-likeness (QED) is 0.230. The van der Waals surface area contributed by atoms with Gasteiger partial charge >= 0.3 is 5.97 Å². The maximum atomic E-state index is 13.7. The van der Waals surface area contributed by atoms with E-state index in [9.17, 15) is 14.3 Å². The first-order valence-corrected chi connectivity index (χ1v) is 12.8. The van der Waals surface area contributed by atoms with E-state index in [-0.39, 0.29) is 34.5 Å². The number of hydrogen-bond donors (Lipinski definition) is 1. The first-order valence-electron chi connectivity index (χ1n) is 12.4. The summed E-state index contributed by atoms with van der Waals surface area (Å²) in [7, 11) is 3.13. The third-order valence-electron chi connectivity index (χ3n) is 7.16. The molecule has 200 valence electrons. The maximum absolute atomic E-state index is 13.7. The van der Waals surface area contributed by atoms with E-state index in [1.807, 2.05) is 36.4 Å². The summed E-state index contributed by atoms with van der Waals surface area (Å²) in [5.41, 5.74) is 3.29. The Morgan fingerprint density at radius 2 is 1.92 bits per heavy atom. The first kappa shape index (κ1) is 26.7. The van der Waals surface area contributed by atoms with Gasteiger partial charge in [0.25, 0.3) is 0 Å². The molecule has 6 nitrogen and oxygen atoms in total. The van der Waals surface area contributed by atoms with Gasteiger partial charge in [0.15, 0.2) is 0 Å². The molecule has 1 atom stereocenters. The molecule has 0 amide bonds. The molecule has 4 aromatic rings. The van der Waals surface area contributed by atoms with Crippen LogP contribution in [0.4, 0.5) is 4.39 Å². The van der Waals surface area contributed by atoms with Crippen molar-refractivity contribution in [3.8, 4) is 11.5 Å². The predicted molar refractivity (Wildman–Crippen MR) is 149 cm³/mol. The van der Waals surface area contributed by atoms with E-state index >= 15 is 0 Å². The van der Waals surface area contributed by atoms with Gasteiger partial charge in [-0.3, -0.25) is 0 Å². The molecule has 5 rings (SSSR count). The Labute approximate surface area is 230 Å². The Kier molecular flexibility index (Phi) is 7.55. The van der Waals surface area contributed by atoms with Gasteiger partial charge in [-0.1, -0.05) is 48.0 Å². The van der Waals surface area contributed by atoms with Crippen molar-refractivity contribution in [1.82, 2.24) is 4.98 Å². The van der Waals surface area contributed by atoms with E-state index in [1.54, 1.807) is 19.2 Å². The van der Waals surface area contributed by atoms with E-state index in [0.717, 1.165) is 29.7 Å². The second kappa shape index (κ2) is 11.0. The standard InChI is InChI=1S/C31H27ClFNO5/c1-37-23-10-11-28(24(16-23)30(35)36)39-18-29(38-2)31(12-13-31)21-5-3-4-19(14-21)6-8-22-9-7-20-15-26(33)25(32)17-27(20)34-22/h3-11,14-17,29H,12-13,18H2,1-2H3,(H,35,36)/b8-6+/t29-/m1/s1. The fourth-order valence-corrected chi connectivity index (χ4v) is 5.00. The summed E-state index contributed by atoms with van der Waals surface area (Å²) in [5, 5.41) is 10.3. The predicted octanol–water partition coefficient (Wildman–Crippen LogP) is 7.03. The Morgan fingerprint density at radius 1 is 1.10 bits per heavy atom. The van der Waals surface area contributed by atoms with Crippen LogP contribution in [0.3, 0.4) is 0 Å². The van der Waals surface area contributed by atoms with Crippen LogP contribution in [0.2, 0.25) is 5.02 Å². The highest BCUT2D eigenvalue weighted by molar-refractivity contribution is 6.31. The second-order valence-electron chi connectivity index (χ2n) is 9.51. The van der Waals surface area contributed by atoms with Gasteiger partial charge in [-0.25, -0.2) is 14.2 Å². The lowest BCUT2D eigenvalue weighted by molar-refractivity contribution is 0.0292. The molecule has 1 saturated carbocycles. The molecule has 39 heavy (non-hydrogen) atoms. The van der Waals surface area contributed by atoms with Gasteiger partial charge in [0.1, 0.15) is 35.6 Å². The lowest BCUT2D eigenvalue weighted by atomic mass is 9.89. The summed E-state index contributed by atoms with van der Waals surface area (Å²) in [6.45, 7) is 0.202. The second-order valence-corrected chi connectivity index (χ2v) is 9.92. The van der Waals surface area contributed by atoms with Crippen molar-refractivity contribution < 1.29 is 28.5 Å². The van der Waals surface area contributed by atoms with Crippen LogP contribution in [0.1, 0.15) is 40.0 Å². The van der Waals surface area contributed by atoms with Crippen molar-refractivity contribution in [3.05, 3.63) is 100.0 Å². The summed E-state index contributed by atoms with van der Waals surface area (Å²) in [6.07, 6.45) is 5.48. The number of ether oxygens (including phenoxy) is 3. The van der Waals surface area contributed by atoms with Crippen molar-refractivity contribution in [1.29, 1.82) is 0 Å². The van der Waals surface area contributed by atoms with E-state index in [4.69, 9.17) is 25.8 Å². The van der Waals surface area contributed by atoms with E-state index in [1.165, 1.54) is 25.3 Å². The van der Waals surface area contributed by atoms with E-state index < -0.39 is 11.8 Å². The van der Waals surface area contributed by atoms with Crippen LogP contribution in [0.15, 0.2) is 66.7 Å². The number of aromatic nitrogens is 1. The summed E-state index contributed by atoms with van der Waals surface area (Å²) in [6, 6.07) is 19.5. The van der Waals surface area contributed by atoms with Gasteiger partial charge < -0.3 is 19.3 Å². The molecule has 0 spiro atoms. The number of aromatic carboxylic acids is 1. The largest absolute Gasteiger partial charge is 0.497 e. The fraction of sp³-hybridized carbons (Fsp3) is 0.226. The third-order valence-corrected chi connectivity index (χ3v) is 7.45. The number of rotatable bonds is 10. The van der Waals surface area contributed by atoms with Gasteiger partial charge in [0, 0.05) is 17.9 Å². The van der Waals surface area contributed by atoms with Crippen LogP contribution in [-0.4, -0.2) is 43.0 Å². The van der Waals surface area contributed by atoms with Crippen molar-refractivity contribution in [2.75, 3.05) is 20.8 Å². The Morgan fingerprint density at radius 3 is 2.64 bits per heavy atom. The van der Waals surface area contributed by atoms with Gasteiger partial charge in [0.2, 0.25) is 0 Å². The van der Waals surface area contributed by atoms with Crippen LogP contribution in [0.25, 0.3) is 23.1 Å². The first-order chi connectivity index (χ1) is 18.8. The number of methoxy groups -OCH3 is 2. The van der Waals surface area contributed by atoms with Crippen LogP contribution in [-0.2, 0) is 10.2 Å². The molecule has 0 bridgehead atoms. The molecule has 1 fully saturated rings. The lowest BCUT2D eigenvalue weighted by Gasteiger charge is -2.27. The molecule has 0 radical (unpaired) electrons. The minimum absolute atomic E-state index is 0.0379. The van der Waals surface area contributed by atoms with Gasteiger partial charge in [-0.15, -0.1) is 0 Å². The SMILES string of the molecule is COc1ccc(OC[C@@H](OC)C2(c3cccc(/C=C/c4ccc5cc(F)c(Cl)cc5n4)c3)CC2)c(C(=O)O)c1. The van der Waals surface area contributed by atoms with Crippen molar-refractivity contribution in [2.45, 2.75) is 24.4 Å². The smallest absolute Gasteiger partial charge is 0.339 e. The zero-order valence-corrected chi connectivity index (χ0v) is 22.2. The van der Waals surface area contributed by atoms with Crippen molar-refractivity contribution in [2.24, 2.45) is 0 Å². The highest BCUT2D eigenvalue weighted by Crippen LogP contribution is 2.52. The Bertz CT molecular complexity index is 1570. The molecule has 1 aliphatic carbocycles. The summed E-state index contributed by atoms with van der Waals surface area (Å²) in [4.78, 5) is 16.3. The van der Waals surface area contributed by atoms with Crippen LogP contribution in [0.5, 0.6) is 11.5 Å². The van der Waals surface area contributed by atoms with Crippen LogP contribution in [0, 0.1) is 5.82 Å². The molecule has 1 aromatic heterocycles. The number of carbonyl (C=O) groups is 1. The molecule has 8 heteroatoms. The Hall–Kier alpha value is -3.94. The zero-order valence-electron chi connectivity index (χ0n) is 21.5. The number of carboxylic acids is 1. The van der Waals surface area contributed by atoms with E-state index in [2.05, 4.69) is 17.1 Å². The molecule has 1 heterocycles. The van der Waals surface area contributed by atoms with Crippen molar-refractivity contribution >= 4 is 40.6 Å². The molecular weight excluding hydrogens is 521 g/mol. The molecule has 0 unspecified atom stereocenters. The molecule has 3 aromatic carbocycles. The number of pyridine rings is 1. The Balaban J connectivity index is 1.34. The molecule has 1 aliphatic rings. The topological polar surface area (TPSA) is 77.9 Å². The summed E-state index contributed by atoms with van der Waals surface area (Å²) < 4.78 is 30.7. The number of hydrogen-bond acceptors (Lipinski definition) is 5. The van der Waals surface area contributed by atoms with Gasteiger partial charge in [-0.05, 0) is 66.4 Å². The zero-order chi connectivity index (χ0) is 27.6. The molecule has 1 N–H and O–H groups in total. The number of nitrogens with zero attached hydrogens (tertiary/aromatic N) is 1. The minimum atomic E-state index is -1.09. The highest BCUT2D eigenvalue weighted by atomic mass is 35.5. The summed E-state index contributed by atoms with van der Waals surface area (Å²) in [5.74, 6) is -0.839. The molecule has 0 aliphatic heterocycles. The summed E-state index contributed by atoms with van der Waals surface area (Å²) >= 11 is 5.92. The number of benzene rings is 3. The van der Waals surface area contributed by atoms with E-state index in [0.29, 0.717) is 16.7 Å². The van der Waals surface area contributed by atoms with Crippen LogP contribution < -0.4 is 9.47 Å². The molecular formula is C31H27ClFNO5. The van der Waals surface area contributed by atoms with Crippen LogP contribution >= 0.6 is 11.6 Å². The van der Waals surface area contributed by atoms with Gasteiger partial charge in [-0.2, -0.15) is 0 Å². The number of carboxylic acid groups (broad SMARTS) is 1. The van der Waals surface area contributed by atoms with Gasteiger partial charge in [0.05, 0.1) is 23.3 Å². The average Bonchev–Trinajstić information content (AvgIpc) is 3.75. The minimum Gasteiger partial charge on any atom is -0.497 e. The lowest BCUT2D eigenvalue weighted by Crippen LogP contribution is -2.34. The normalized spacial score (nSPS) is 14.9.